The molecule has 0 radical (unpaired) electrons. The number of nitrogens with zero attached hydrogens (tertiary/aromatic N) is 1. The van der Waals surface area contributed by atoms with Crippen LogP contribution in [0.4, 0.5) is 5.69 Å². The van der Waals surface area contributed by atoms with Gasteiger partial charge >= 0.3 is 11.9 Å². The highest BCUT2D eigenvalue weighted by Crippen LogP contribution is 2.16. The topological polar surface area (TPSA) is 79.2 Å². The first-order valence-corrected chi connectivity index (χ1v) is 5.07. The second-order valence-corrected chi connectivity index (χ2v) is 3.32. The van der Waals surface area contributed by atoms with Crippen LogP contribution in [0.3, 0.4) is 0 Å². The number of benzene rings is 1. The molecule has 0 atom stereocenters. The smallest absolute Gasteiger partial charge is 0.397 e. The van der Waals surface area contributed by atoms with Gasteiger partial charge in [0.15, 0.2) is 0 Å². The molecule has 0 aromatic heterocycles. The van der Waals surface area contributed by atoms with E-state index in [1.54, 1.807) is 26.0 Å². The SMILES string of the molecule is CCOC(=O)C(=O)Nc1cc(C#N)ccc1C. The summed E-state index contributed by atoms with van der Waals surface area (Å²) in [5.74, 6) is -1.78. The molecule has 88 valence electrons. The van der Waals surface area contributed by atoms with Gasteiger partial charge in [-0.2, -0.15) is 5.26 Å². The van der Waals surface area contributed by atoms with Gasteiger partial charge in [0.2, 0.25) is 0 Å². The van der Waals surface area contributed by atoms with Crippen molar-refractivity contribution in [3.63, 3.8) is 0 Å². The Morgan fingerprint density at radius 3 is 2.76 bits per heavy atom. The van der Waals surface area contributed by atoms with Crippen LogP contribution in [0.15, 0.2) is 18.2 Å². The Balaban J connectivity index is 2.85. The van der Waals surface area contributed by atoms with Crippen molar-refractivity contribution >= 4 is 17.6 Å². The summed E-state index contributed by atoms with van der Waals surface area (Å²) in [4.78, 5) is 22.5. The van der Waals surface area contributed by atoms with E-state index in [1.807, 2.05) is 6.07 Å². The largest absolute Gasteiger partial charge is 0.459 e. The minimum atomic E-state index is -0.936. The lowest BCUT2D eigenvalue weighted by Crippen LogP contribution is -2.25. The molecule has 0 aliphatic carbocycles. The molecule has 0 saturated heterocycles. The quantitative estimate of drug-likeness (QED) is 0.617. The summed E-state index contributed by atoms with van der Waals surface area (Å²) < 4.78 is 4.56. The molecular formula is C12H12N2O3. The number of carbonyl (C=O) groups is 2. The monoisotopic (exact) mass is 232 g/mol. The first-order valence-electron chi connectivity index (χ1n) is 5.07. The molecule has 0 unspecified atom stereocenters. The first-order chi connectivity index (χ1) is 8.08. The number of hydrogen-bond donors (Lipinski definition) is 1. The third kappa shape index (κ3) is 3.31. The van der Waals surface area contributed by atoms with E-state index in [0.717, 1.165) is 5.56 Å². The van der Waals surface area contributed by atoms with E-state index >= 15 is 0 Å². The molecule has 1 aromatic carbocycles. The fourth-order valence-electron chi connectivity index (χ4n) is 1.20. The second kappa shape index (κ2) is 5.66. The number of esters is 1. The number of amides is 1. The molecule has 0 saturated carbocycles. The zero-order valence-corrected chi connectivity index (χ0v) is 9.61. The Bertz CT molecular complexity index is 489. The number of aryl methyl sites for hydroxylation is 1. The fourth-order valence-corrected chi connectivity index (χ4v) is 1.20. The van der Waals surface area contributed by atoms with Gasteiger partial charge in [0.1, 0.15) is 0 Å². The lowest BCUT2D eigenvalue weighted by atomic mass is 10.1. The molecule has 5 heteroatoms. The molecule has 1 amide bonds. The molecular weight excluding hydrogens is 220 g/mol. The summed E-state index contributed by atoms with van der Waals surface area (Å²) in [5.41, 5.74) is 1.61. The lowest BCUT2D eigenvalue weighted by Gasteiger charge is -2.07. The van der Waals surface area contributed by atoms with Crippen molar-refractivity contribution in [2.75, 3.05) is 11.9 Å². The molecule has 0 bridgehead atoms. The highest BCUT2D eigenvalue weighted by molar-refractivity contribution is 6.37. The molecule has 0 aliphatic heterocycles. The first kappa shape index (κ1) is 12.7. The maximum atomic E-state index is 11.4. The highest BCUT2D eigenvalue weighted by atomic mass is 16.5. The van der Waals surface area contributed by atoms with Crippen molar-refractivity contribution < 1.29 is 14.3 Å². The zero-order valence-electron chi connectivity index (χ0n) is 9.61. The molecule has 0 fully saturated rings. The van der Waals surface area contributed by atoms with Crippen LogP contribution in [0, 0.1) is 18.3 Å². The summed E-state index contributed by atoms with van der Waals surface area (Å²) >= 11 is 0. The van der Waals surface area contributed by atoms with Crippen molar-refractivity contribution in [2.24, 2.45) is 0 Å². The van der Waals surface area contributed by atoms with Crippen molar-refractivity contribution in [1.82, 2.24) is 0 Å². The van der Waals surface area contributed by atoms with E-state index in [0.29, 0.717) is 11.3 Å². The van der Waals surface area contributed by atoms with E-state index in [4.69, 9.17) is 5.26 Å². The van der Waals surface area contributed by atoms with Crippen molar-refractivity contribution in [2.45, 2.75) is 13.8 Å². The fraction of sp³-hybridized carbons (Fsp3) is 0.250. The van der Waals surface area contributed by atoms with Crippen LogP contribution in [0.25, 0.3) is 0 Å². The number of hydrogen-bond acceptors (Lipinski definition) is 4. The third-order valence-corrected chi connectivity index (χ3v) is 2.08. The average molecular weight is 232 g/mol. The van der Waals surface area contributed by atoms with Crippen LogP contribution in [-0.2, 0) is 14.3 Å². The molecule has 0 spiro atoms. The zero-order chi connectivity index (χ0) is 12.8. The van der Waals surface area contributed by atoms with E-state index in [1.165, 1.54) is 6.07 Å². The summed E-state index contributed by atoms with van der Waals surface area (Å²) in [5, 5.41) is 11.1. The molecule has 1 aromatic rings. The number of nitrogens with one attached hydrogen (secondary N) is 1. The van der Waals surface area contributed by atoms with E-state index in [2.05, 4.69) is 10.1 Å². The Hall–Kier alpha value is -2.35. The molecule has 1 N–H and O–H groups in total. The molecule has 1 rings (SSSR count). The molecule has 0 heterocycles. The molecule has 17 heavy (non-hydrogen) atoms. The van der Waals surface area contributed by atoms with E-state index < -0.39 is 11.9 Å². The standard InChI is InChI=1S/C12H12N2O3/c1-3-17-12(16)11(15)14-10-6-9(7-13)5-4-8(10)2/h4-6H,3H2,1-2H3,(H,14,15). The minimum absolute atomic E-state index is 0.142. The third-order valence-electron chi connectivity index (χ3n) is 2.08. The van der Waals surface area contributed by atoms with Gasteiger partial charge in [-0.3, -0.25) is 4.79 Å². The summed E-state index contributed by atoms with van der Waals surface area (Å²) in [7, 11) is 0. The van der Waals surface area contributed by atoms with Crippen LogP contribution >= 0.6 is 0 Å². The normalized spacial score (nSPS) is 9.24. The van der Waals surface area contributed by atoms with Gasteiger partial charge in [0.05, 0.1) is 18.2 Å². The summed E-state index contributed by atoms with van der Waals surface area (Å²) in [6.45, 7) is 3.53. The number of anilines is 1. The second-order valence-electron chi connectivity index (χ2n) is 3.32. The van der Waals surface area contributed by atoms with Gasteiger partial charge in [-0.25, -0.2) is 4.79 Å². The predicted octanol–water partition coefficient (Wildman–Crippen LogP) is 1.37. The molecule has 0 aliphatic rings. The number of nitriles is 1. The highest BCUT2D eigenvalue weighted by Gasteiger charge is 2.15. The van der Waals surface area contributed by atoms with Crippen LogP contribution in [-0.4, -0.2) is 18.5 Å². The lowest BCUT2D eigenvalue weighted by molar-refractivity contribution is -0.152. The van der Waals surface area contributed by atoms with Crippen molar-refractivity contribution in [1.29, 1.82) is 5.26 Å². The Morgan fingerprint density at radius 2 is 2.18 bits per heavy atom. The number of ether oxygens (including phenoxy) is 1. The summed E-state index contributed by atoms with van der Waals surface area (Å²) in [6, 6.07) is 6.79. The summed E-state index contributed by atoms with van der Waals surface area (Å²) in [6.07, 6.45) is 0. The van der Waals surface area contributed by atoms with Gasteiger partial charge in [-0.1, -0.05) is 6.07 Å². The number of rotatable bonds is 2. The Labute approximate surface area is 99.0 Å². The van der Waals surface area contributed by atoms with Gasteiger partial charge in [-0.15, -0.1) is 0 Å². The van der Waals surface area contributed by atoms with Crippen molar-refractivity contribution in [3.05, 3.63) is 29.3 Å². The van der Waals surface area contributed by atoms with Gasteiger partial charge < -0.3 is 10.1 Å². The number of carbonyl (C=O) groups excluding carboxylic acids is 2. The molecule has 5 nitrogen and oxygen atoms in total. The Kier molecular flexibility index (Phi) is 4.23. The average Bonchev–Trinajstić information content (AvgIpc) is 2.32. The predicted molar refractivity (Wildman–Crippen MR) is 61.2 cm³/mol. The van der Waals surface area contributed by atoms with E-state index in [-0.39, 0.29) is 6.61 Å². The van der Waals surface area contributed by atoms with Crippen LogP contribution in [0.2, 0.25) is 0 Å². The van der Waals surface area contributed by atoms with Crippen LogP contribution in [0.5, 0.6) is 0 Å². The maximum Gasteiger partial charge on any atom is 0.397 e. The van der Waals surface area contributed by atoms with Gasteiger partial charge in [0.25, 0.3) is 0 Å². The van der Waals surface area contributed by atoms with Crippen LogP contribution in [0.1, 0.15) is 18.1 Å². The Morgan fingerprint density at radius 1 is 1.47 bits per heavy atom. The van der Waals surface area contributed by atoms with Crippen molar-refractivity contribution in [3.8, 4) is 6.07 Å². The van der Waals surface area contributed by atoms with E-state index in [9.17, 15) is 9.59 Å². The van der Waals surface area contributed by atoms with Gasteiger partial charge in [0, 0.05) is 5.69 Å². The van der Waals surface area contributed by atoms with Crippen LogP contribution < -0.4 is 5.32 Å². The maximum absolute atomic E-state index is 11.4. The minimum Gasteiger partial charge on any atom is -0.459 e. The van der Waals surface area contributed by atoms with Gasteiger partial charge in [-0.05, 0) is 31.5 Å².